The molecule has 0 heterocycles. The first-order chi connectivity index (χ1) is 7.76. The van der Waals surface area contributed by atoms with Gasteiger partial charge in [-0.15, -0.1) is 0 Å². The van der Waals surface area contributed by atoms with Crippen molar-refractivity contribution in [1.82, 2.24) is 0 Å². The molecule has 0 amide bonds. The molecule has 1 heteroatoms. The molecule has 0 aromatic rings. The van der Waals surface area contributed by atoms with Crippen LogP contribution in [0.1, 0.15) is 39.0 Å². The van der Waals surface area contributed by atoms with Crippen molar-refractivity contribution in [3.63, 3.8) is 0 Å². The summed E-state index contributed by atoms with van der Waals surface area (Å²) in [7, 11) is 0. The van der Waals surface area contributed by atoms with E-state index in [9.17, 15) is 0 Å². The Kier molecular flexibility index (Phi) is 2.54. The molecule has 0 radical (unpaired) electrons. The first-order valence-electron chi connectivity index (χ1n) is 6.84. The monoisotopic (exact) mass is 215 g/mol. The summed E-state index contributed by atoms with van der Waals surface area (Å²) < 4.78 is 0. The Bertz CT molecular complexity index is 308. The lowest BCUT2D eigenvalue weighted by molar-refractivity contribution is -0.0162. The van der Waals surface area contributed by atoms with Crippen LogP contribution in [0.4, 0.5) is 0 Å². The third-order valence-corrected chi connectivity index (χ3v) is 5.13. The Balaban J connectivity index is 1.73. The lowest BCUT2D eigenvalue weighted by atomic mass is 9.52. The van der Waals surface area contributed by atoms with E-state index in [-0.39, 0.29) is 5.92 Å². The van der Waals surface area contributed by atoms with Gasteiger partial charge in [-0.25, -0.2) is 0 Å². The van der Waals surface area contributed by atoms with Gasteiger partial charge in [-0.1, -0.05) is 12.2 Å². The van der Waals surface area contributed by atoms with Crippen molar-refractivity contribution >= 4 is 0 Å². The normalized spacial score (nSPS) is 47.1. The zero-order valence-corrected chi connectivity index (χ0v) is 10.1. The fourth-order valence-corrected chi connectivity index (χ4v) is 4.62. The van der Waals surface area contributed by atoms with E-state index < -0.39 is 0 Å². The average Bonchev–Trinajstić information content (AvgIpc) is 2.26. The van der Waals surface area contributed by atoms with Gasteiger partial charge in [0.2, 0.25) is 0 Å². The number of hydrogen-bond donors (Lipinski definition) is 0. The van der Waals surface area contributed by atoms with Crippen LogP contribution in [-0.4, -0.2) is 0 Å². The lowest BCUT2D eigenvalue weighted by Crippen LogP contribution is -2.44. The summed E-state index contributed by atoms with van der Waals surface area (Å²) in [5.41, 5.74) is 0. The van der Waals surface area contributed by atoms with Crippen LogP contribution in [0.3, 0.4) is 0 Å². The number of hydrogen-bond acceptors (Lipinski definition) is 1. The third-order valence-electron chi connectivity index (χ3n) is 5.13. The molecule has 0 spiro atoms. The second-order valence-electron chi connectivity index (χ2n) is 6.31. The van der Waals surface area contributed by atoms with Crippen LogP contribution in [0.5, 0.6) is 0 Å². The minimum absolute atomic E-state index is 0.0946. The van der Waals surface area contributed by atoms with Crippen LogP contribution in [0.2, 0.25) is 0 Å². The molecule has 1 unspecified atom stereocenters. The number of nitrogens with zero attached hydrogens (tertiary/aromatic N) is 1. The molecular weight excluding hydrogens is 194 g/mol. The van der Waals surface area contributed by atoms with Crippen LogP contribution < -0.4 is 0 Å². The molecule has 4 saturated carbocycles. The number of nitriles is 1. The Labute approximate surface area is 98.5 Å². The molecule has 0 aromatic carbocycles. The van der Waals surface area contributed by atoms with Crippen molar-refractivity contribution in [1.29, 1.82) is 5.26 Å². The van der Waals surface area contributed by atoms with Gasteiger partial charge >= 0.3 is 0 Å². The molecule has 4 rings (SSSR count). The first kappa shape index (κ1) is 10.4. The van der Waals surface area contributed by atoms with Crippen molar-refractivity contribution in [2.45, 2.75) is 39.0 Å². The highest BCUT2D eigenvalue weighted by Gasteiger charge is 2.46. The van der Waals surface area contributed by atoms with Gasteiger partial charge in [-0.3, -0.25) is 0 Å². The molecule has 86 valence electrons. The fourth-order valence-electron chi connectivity index (χ4n) is 4.62. The minimum atomic E-state index is 0.0946. The molecule has 0 saturated heterocycles. The third kappa shape index (κ3) is 1.69. The van der Waals surface area contributed by atoms with Crippen LogP contribution in [0.15, 0.2) is 12.2 Å². The van der Waals surface area contributed by atoms with Gasteiger partial charge < -0.3 is 0 Å². The maximum Gasteiger partial charge on any atom is 0.0694 e. The Morgan fingerprint density at radius 3 is 2.12 bits per heavy atom. The molecule has 4 aliphatic rings. The van der Waals surface area contributed by atoms with Gasteiger partial charge in [0.05, 0.1) is 12.0 Å². The SMILES string of the molecule is CC(C#N)/C=C/C1C2CC3CC(C2)CC1C3. The number of allylic oxidation sites excluding steroid dienone is 2. The first-order valence-corrected chi connectivity index (χ1v) is 6.84. The predicted octanol–water partition coefficient (Wildman–Crippen LogP) is 3.77. The van der Waals surface area contributed by atoms with E-state index in [2.05, 4.69) is 18.2 Å². The van der Waals surface area contributed by atoms with Crippen molar-refractivity contribution < 1.29 is 0 Å². The summed E-state index contributed by atoms with van der Waals surface area (Å²) in [6.45, 7) is 1.99. The smallest absolute Gasteiger partial charge is 0.0694 e. The average molecular weight is 215 g/mol. The summed E-state index contributed by atoms with van der Waals surface area (Å²) >= 11 is 0. The van der Waals surface area contributed by atoms with E-state index in [0.717, 1.165) is 29.6 Å². The van der Waals surface area contributed by atoms with Gasteiger partial charge in [-0.05, 0) is 68.6 Å². The van der Waals surface area contributed by atoms with Gasteiger partial charge in [0.1, 0.15) is 0 Å². The maximum atomic E-state index is 8.82. The summed E-state index contributed by atoms with van der Waals surface area (Å²) in [6, 6.07) is 2.30. The van der Waals surface area contributed by atoms with E-state index >= 15 is 0 Å². The zero-order chi connectivity index (χ0) is 11.1. The standard InChI is InChI=1S/C15H21N/c1-10(9-16)2-3-15-13-5-11-4-12(7-13)8-14(15)6-11/h2-3,10-15H,4-8H2,1H3/b3-2+. The van der Waals surface area contributed by atoms with Crippen LogP contribution in [0, 0.1) is 46.8 Å². The van der Waals surface area contributed by atoms with Gasteiger partial charge in [-0.2, -0.15) is 5.26 Å². The molecule has 0 N–H and O–H groups in total. The quantitative estimate of drug-likeness (QED) is 0.643. The Hall–Kier alpha value is -0.770. The number of rotatable bonds is 2. The molecule has 0 aliphatic heterocycles. The second-order valence-corrected chi connectivity index (χ2v) is 6.31. The predicted molar refractivity (Wildman–Crippen MR) is 64.5 cm³/mol. The fraction of sp³-hybridized carbons (Fsp3) is 0.800. The van der Waals surface area contributed by atoms with Crippen LogP contribution in [0.25, 0.3) is 0 Å². The van der Waals surface area contributed by atoms with Gasteiger partial charge in [0, 0.05) is 0 Å². The largest absolute Gasteiger partial charge is 0.198 e. The molecule has 4 fully saturated rings. The summed E-state index contributed by atoms with van der Waals surface area (Å²) in [4.78, 5) is 0. The highest BCUT2D eigenvalue weighted by atomic mass is 14.5. The van der Waals surface area contributed by atoms with Gasteiger partial charge in [0.25, 0.3) is 0 Å². The van der Waals surface area contributed by atoms with Crippen molar-refractivity contribution in [3.8, 4) is 6.07 Å². The summed E-state index contributed by atoms with van der Waals surface area (Å²) in [5.74, 6) is 4.93. The molecule has 1 nitrogen and oxygen atoms in total. The van der Waals surface area contributed by atoms with Crippen molar-refractivity contribution in [3.05, 3.63) is 12.2 Å². The molecule has 1 atom stereocenters. The highest BCUT2D eigenvalue weighted by molar-refractivity contribution is 5.08. The molecular formula is C15H21N. The Morgan fingerprint density at radius 2 is 1.62 bits per heavy atom. The van der Waals surface area contributed by atoms with E-state index in [1.807, 2.05) is 6.92 Å². The van der Waals surface area contributed by atoms with Crippen LogP contribution >= 0.6 is 0 Å². The highest BCUT2D eigenvalue weighted by Crippen LogP contribution is 2.56. The second kappa shape index (κ2) is 3.91. The Morgan fingerprint density at radius 1 is 1.06 bits per heavy atom. The molecule has 4 aliphatic carbocycles. The van der Waals surface area contributed by atoms with Gasteiger partial charge in [0.15, 0.2) is 0 Å². The molecule has 4 bridgehead atoms. The summed E-state index contributed by atoms with van der Waals surface area (Å²) in [6.07, 6.45) is 12.0. The van der Waals surface area contributed by atoms with Crippen molar-refractivity contribution in [2.24, 2.45) is 35.5 Å². The van der Waals surface area contributed by atoms with E-state index in [0.29, 0.717) is 0 Å². The minimum Gasteiger partial charge on any atom is -0.198 e. The molecule has 16 heavy (non-hydrogen) atoms. The zero-order valence-electron chi connectivity index (χ0n) is 10.1. The van der Waals surface area contributed by atoms with Crippen molar-refractivity contribution in [2.75, 3.05) is 0 Å². The maximum absolute atomic E-state index is 8.82. The van der Waals surface area contributed by atoms with Crippen LogP contribution in [-0.2, 0) is 0 Å². The topological polar surface area (TPSA) is 23.8 Å². The summed E-state index contributed by atoms with van der Waals surface area (Å²) in [5, 5.41) is 8.82. The van der Waals surface area contributed by atoms with E-state index in [4.69, 9.17) is 5.26 Å². The lowest BCUT2D eigenvalue weighted by Gasteiger charge is -2.53. The van der Waals surface area contributed by atoms with E-state index in [1.165, 1.54) is 32.1 Å². The van der Waals surface area contributed by atoms with E-state index in [1.54, 1.807) is 0 Å². The molecule has 0 aromatic heterocycles.